The van der Waals surface area contributed by atoms with Gasteiger partial charge in [0.2, 0.25) is 0 Å². The molecule has 0 radical (unpaired) electrons. The Morgan fingerprint density at radius 3 is 2.28 bits per heavy atom. The molecular weight excluding hydrogens is 394 g/mol. The zero-order chi connectivity index (χ0) is 22.5. The smallest absolute Gasteiger partial charge is 0.407 e. The molecule has 0 spiro atoms. The summed E-state index contributed by atoms with van der Waals surface area (Å²) in [5.41, 5.74) is -1.75. The molecule has 0 aliphatic carbocycles. The van der Waals surface area contributed by atoms with Crippen molar-refractivity contribution in [1.82, 2.24) is 5.32 Å². The number of carbonyl (C=O) groups excluding carboxylic acids is 1. The predicted molar refractivity (Wildman–Crippen MR) is 111 cm³/mol. The van der Waals surface area contributed by atoms with Crippen molar-refractivity contribution in [3.63, 3.8) is 0 Å². The Balaban J connectivity index is 2.13. The summed E-state index contributed by atoms with van der Waals surface area (Å²) in [6, 6.07) is 0. The van der Waals surface area contributed by atoms with Crippen molar-refractivity contribution in [2.45, 2.75) is 109 Å². The van der Waals surface area contributed by atoms with Crippen LogP contribution in [0.3, 0.4) is 0 Å². The Labute approximate surface area is 175 Å². The molecule has 2 aliphatic heterocycles. The SMILES string of the molecule is CC(C)(C)OC(=O)NC[C@H]1OC(O)[C@]2(CO[Si](C)(C)C(C)(C)C)OC(C)(C)O[C@H]12. The maximum Gasteiger partial charge on any atom is 0.407 e. The first-order valence-corrected chi connectivity index (χ1v) is 13.1. The molecular formula is C20H39NO7Si. The lowest BCUT2D eigenvalue weighted by atomic mass is 9.96. The van der Waals surface area contributed by atoms with Crippen LogP contribution in [-0.4, -0.2) is 68.2 Å². The summed E-state index contributed by atoms with van der Waals surface area (Å²) in [4.78, 5) is 12.0. The molecule has 9 heteroatoms. The van der Waals surface area contributed by atoms with Crippen molar-refractivity contribution < 1.29 is 33.3 Å². The summed E-state index contributed by atoms with van der Waals surface area (Å²) in [5.74, 6) is -0.906. The second-order valence-corrected chi connectivity index (χ2v) is 15.8. The van der Waals surface area contributed by atoms with Crippen LogP contribution in [-0.2, 0) is 23.4 Å². The Hall–Kier alpha value is -0.713. The molecule has 2 aliphatic rings. The summed E-state index contributed by atoms with van der Waals surface area (Å²) in [5, 5.41) is 13.5. The number of rotatable bonds is 5. The minimum Gasteiger partial charge on any atom is -0.444 e. The van der Waals surface area contributed by atoms with Gasteiger partial charge in [0, 0.05) is 6.54 Å². The number of hydrogen-bond donors (Lipinski definition) is 2. The van der Waals surface area contributed by atoms with Gasteiger partial charge in [0.05, 0.1) is 6.61 Å². The number of aliphatic hydroxyl groups is 1. The molecule has 2 heterocycles. The lowest BCUT2D eigenvalue weighted by Gasteiger charge is -2.39. The Kier molecular flexibility index (Phi) is 6.57. The molecule has 8 nitrogen and oxygen atoms in total. The van der Waals surface area contributed by atoms with Gasteiger partial charge in [-0.25, -0.2) is 4.79 Å². The normalized spacial score (nSPS) is 32.2. The number of aliphatic hydroxyl groups excluding tert-OH is 1. The molecule has 2 saturated heterocycles. The van der Waals surface area contributed by atoms with Gasteiger partial charge in [0.1, 0.15) is 17.8 Å². The summed E-state index contributed by atoms with van der Waals surface area (Å²) in [6.45, 7) is 20.0. The molecule has 2 rings (SSSR count). The second-order valence-electron chi connectivity index (χ2n) is 11.0. The predicted octanol–water partition coefficient (Wildman–Crippen LogP) is 3.14. The van der Waals surface area contributed by atoms with Gasteiger partial charge in [-0.05, 0) is 52.8 Å². The van der Waals surface area contributed by atoms with Gasteiger partial charge < -0.3 is 33.8 Å². The van der Waals surface area contributed by atoms with Gasteiger partial charge in [0.15, 0.2) is 26.0 Å². The van der Waals surface area contributed by atoms with E-state index in [0.717, 1.165) is 0 Å². The van der Waals surface area contributed by atoms with Crippen LogP contribution in [0.4, 0.5) is 4.79 Å². The number of nitrogens with one attached hydrogen (secondary N) is 1. The third-order valence-electron chi connectivity index (χ3n) is 5.70. The van der Waals surface area contributed by atoms with E-state index in [2.05, 4.69) is 39.2 Å². The molecule has 29 heavy (non-hydrogen) atoms. The number of alkyl carbamates (subject to hydrolysis) is 1. The van der Waals surface area contributed by atoms with Crippen molar-refractivity contribution in [1.29, 1.82) is 0 Å². The van der Waals surface area contributed by atoms with Gasteiger partial charge in [0.25, 0.3) is 0 Å². The highest BCUT2D eigenvalue weighted by molar-refractivity contribution is 6.74. The summed E-state index contributed by atoms with van der Waals surface area (Å²) >= 11 is 0. The van der Waals surface area contributed by atoms with Crippen LogP contribution in [0.25, 0.3) is 0 Å². The van der Waals surface area contributed by atoms with Crippen LogP contribution in [0.15, 0.2) is 0 Å². The molecule has 0 saturated carbocycles. The first-order chi connectivity index (χ1) is 12.9. The third-order valence-corrected chi connectivity index (χ3v) is 10.2. The average Bonchev–Trinajstić information content (AvgIpc) is 2.90. The maximum absolute atomic E-state index is 12.0. The van der Waals surface area contributed by atoms with Crippen LogP contribution < -0.4 is 5.32 Å². The number of ether oxygens (including phenoxy) is 4. The fourth-order valence-corrected chi connectivity index (χ4v) is 4.24. The fourth-order valence-electron chi connectivity index (χ4n) is 3.22. The van der Waals surface area contributed by atoms with Crippen molar-refractivity contribution in [3.05, 3.63) is 0 Å². The zero-order valence-corrected chi connectivity index (χ0v) is 20.5. The molecule has 0 aromatic rings. The lowest BCUT2D eigenvalue weighted by Crippen LogP contribution is -2.55. The number of amides is 1. The maximum atomic E-state index is 12.0. The first kappa shape index (κ1) is 24.6. The van der Waals surface area contributed by atoms with E-state index in [1.165, 1.54) is 0 Å². The number of carbonyl (C=O) groups is 1. The molecule has 0 aromatic carbocycles. The summed E-state index contributed by atoms with van der Waals surface area (Å²) < 4.78 is 29.6. The molecule has 2 N–H and O–H groups in total. The van der Waals surface area contributed by atoms with E-state index in [1.54, 1.807) is 34.6 Å². The van der Waals surface area contributed by atoms with Crippen LogP contribution >= 0.6 is 0 Å². The Morgan fingerprint density at radius 1 is 1.17 bits per heavy atom. The van der Waals surface area contributed by atoms with Crippen LogP contribution in [0.5, 0.6) is 0 Å². The van der Waals surface area contributed by atoms with E-state index in [4.69, 9.17) is 23.4 Å². The standard InChI is InChI=1S/C20H39NO7Si/c1-17(2,3)27-16(23)21-11-13-14-20(15(22)25-13,28-19(7,8)26-14)12-24-29(9,10)18(4,5)6/h13-15,22H,11-12H2,1-10H3,(H,21,23)/t13-,14-,15?,20-/m1/s1. The van der Waals surface area contributed by atoms with Crippen molar-refractivity contribution in [2.24, 2.45) is 0 Å². The highest BCUT2D eigenvalue weighted by Gasteiger charge is 2.66. The van der Waals surface area contributed by atoms with E-state index < -0.39 is 49.9 Å². The van der Waals surface area contributed by atoms with Gasteiger partial charge in [-0.2, -0.15) is 0 Å². The largest absolute Gasteiger partial charge is 0.444 e. The molecule has 1 unspecified atom stereocenters. The minimum atomic E-state index is -2.09. The Morgan fingerprint density at radius 2 is 1.76 bits per heavy atom. The zero-order valence-electron chi connectivity index (χ0n) is 19.5. The summed E-state index contributed by atoms with van der Waals surface area (Å²) in [6.07, 6.45) is -2.97. The topological polar surface area (TPSA) is 95.5 Å². The number of hydrogen-bond acceptors (Lipinski definition) is 7. The summed E-state index contributed by atoms with van der Waals surface area (Å²) in [7, 11) is -2.09. The van der Waals surface area contributed by atoms with Crippen molar-refractivity contribution in [3.8, 4) is 0 Å². The average molecular weight is 434 g/mol. The lowest BCUT2D eigenvalue weighted by molar-refractivity contribution is -0.251. The first-order valence-electron chi connectivity index (χ1n) is 10.2. The molecule has 170 valence electrons. The van der Waals surface area contributed by atoms with E-state index >= 15 is 0 Å². The monoisotopic (exact) mass is 433 g/mol. The molecule has 0 aromatic heterocycles. The van der Waals surface area contributed by atoms with Gasteiger partial charge in [-0.15, -0.1) is 0 Å². The highest BCUT2D eigenvalue weighted by atomic mass is 28.4. The van der Waals surface area contributed by atoms with Gasteiger partial charge >= 0.3 is 6.09 Å². The van der Waals surface area contributed by atoms with Crippen molar-refractivity contribution in [2.75, 3.05) is 13.2 Å². The minimum absolute atomic E-state index is 0.0101. The fraction of sp³-hybridized carbons (Fsp3) is 0.950. The highest BCUT2D eigenvalue weighted by Crippen LogP contribution is 2.47. The van der Waals surface area contributed by atoms with Crippen LogP contribution in [0.1, 0.15) is 55.4 Å². The second kappa shape index (κ2) is 7.76. The van der Waals surface area contributed by atoms with Gasteiger partial charge in [-0.3, -0.25) is 0 Å². The van der Waals surface area contributed by atoms with E-state index in [9.17, 15) is 9.90 Å². The number of fused-ring (bicyclic) bond motifs is 1. The quantitative estimate of drug-likeness (QED) is 0.643. The molecule has 2 fully saturated rings. The van der Waals surface area contributed by atoms with Crippen LogP contribution in [0, 0.1) is 0 Å². The third kappa shape index (κ3) is 5.51. The Bertz CT molecular complexity index is 611. The van der Waals surface area contributed by atoms with E-state index in [1.807, 2.05) is 0 Å². The molecule has 0 bridgehead atoms. The van der Waals surface area contributed by atoms with Crippen molar-refractivity contribution >= 4 is 14.4 Å². The van der Waals surface area contributed by atoms with E-state index in [-0.39, 0.29) is 18.2 Å². The van der Waals surface area contributed by atoms with Crippen LogP contribution in [0.2, 0.25) is 18.1 Å². The molecule has 1 amide bonds. The van der Waals surface area contributed by atoms with Gasteiger partial charge in [-0.1, -0.05) is 20.8 Å². The van der Waals surface area contributed by atoms with E-state index in [0.29, 0.717) is 0 Å². The molecule has 4 atom stereocenters.